The molecule has 232 valence electrons. The van der Waals surface area contributed by atoms with Crippen molar-refractivity contribution in [1.82, 2.24) is 29.9 Å². The van der Waals surface area contributed by atoms with Gasteiger partial charge in [0.15, 0.2) is 0 Å². The van der Waals surface area contributed by atoms with Gasteiger partial charge in [-0.2, -0.15) is 29.9 Å². The minimum Gasteiger partial charge on any atom is -0.744 e. The summed E-state index contributed by atoms with van der Waals surface area (Å²) in [7, 11) is -3.32. The van der Waals surface area contributed by atoms with Crippen molar-refractivity contribution >= 4 is 79.5 Å². The Hall–Kier alpha value is -3.18. The monoisotopic (exact) mass is 688 g/mol. The van der Waals surface area contributed by atoms with Crippen LogP contribution in [0.4, 0.5) is 47.1 Å². The summed E-state index contributed by atoms with van der Waals surface area (Å²) in [5, 5.41) is 5.55. The molecule has 0 aliphatic heterocycles. The van der Waals surface area contributed by atoms with Crippen LogP contribution in [0.1, 0.15) is 11.1 Å². The van der Waals surface area contributed by atoms with Gasteiger partial charge in [0, 0.05) is 39.6 Å². The van der Waals surface area contributed by atoms with Crippen molar-refractivity contribution in [2.24, 2.45) is 0 Å². The summed E-state index contributed by atoms with van der Waals surface area (Å²) >= 11 is 0. The molecule has 4 aromatic rings. The Balaban J connectivity index is 0.00000368. The molecule has 0 spiro atoms. The first-order chi connectivity index (χ1) is 20.5. The van der Waals surface area contributed by atoms with Crippen LogP contribution in [0.3, 0.4) is 0 Å². The first kappa shape index (κ1) is 39.0. The zero-order valence-electron chi connectivity index (χ0n) is 25.6. The van der Waals surface area contributed by atoms with Gasteiger partial charge in [0.2, 0.25) is 35.7 Å². The smallest absolute Gasteiger partial charge is 0.744 e. The van der Waals surface area contributed by atoms with E-state index in [9.17, 15) is 25.9 Å². The van der Waals surface area contributed by atoms with E-state index in [0.29, 0.717) is 0 Å². The standard InChI is InChI=1S/C24H28N12O6S2.2Na/c1-35(2)23-31-19(25)29-21(33-23)27-15-9-7-13(17(11-15)43(37,38)39)5-6-14-8-10-16(12-18(14)44(40,41)42)28-22-30-20(26)32-24(34-22)36(3)4;;/h5-12H,1-4H3,(H,37,38,39)(H,40,41,42)(H3,25,27,29,31,33)(H3,26,28,30,32,34);;/q;2*+1/p-2/b6-5+;;. The molecular formula is C24H26N12Na2O6S2. The van der Waals surface area contributed by atoms with Crippen LogP contribution in [0.2, 0.25) is 0 Å². The minimum absolute atomic E-state index is 0. The first-order valence-electron chi connectivity index (χ1n) is 12.3. The van der Waals surface area contributed by atoms with E-state index in [2.05, 4.69) is 40.5 Å². The zero-order chi connectivity index (χ0) is 32.4. The molecule has 0 amide bonds. The maximum Gasteiger partial charge on any atom is 1.00 e. The van der Waals surface area contributed by atoms with Crippen LogP contribution in [0.5, 0.6) is 0 Å². The van der Waals surface area contributed by atoms with Crippen LogP contribution in [-0.2, 0) is 20.2 Å². The van der Waals surface area contributed by atoms with Crippen molar-refractivity contribution in [3.05, 3.63) is 47.5 Å². The third-order valence-electron chi connectivity index (χ3n) is 5.60. The minimum atomic E-state index is -5.03. The van der Waals surface area contributed by atoms with Crippen LogP contribution in [-0.4, -0.2) is 84.0 Å². The van der Waals surface area contributed by atoms with Crippen LogP contribution < -0.4 is 91.0 Å². The maximum absolute atomic E-state index is 12.1. The van der Waals surface area contributed by atoms with Crippen molar-refractivity contribution in [2.45, 2.75) is 9.79 Å². The molecule has 0 aliphatic rings. The molecule has 0 fully saturated rings. The second kappa shape index (κ2) is 15.6. The van der Waals surface area contributed by atoms with Gasteiger partial charge in [0.05, 0.1) is 9.79 Å². The Bertz CT molecular complexity index is 1840. The number of nitrogen functional groups attached to an aromatic ring is 2. The number of nitrogens with one attached hydrogen (secondary N) is 2. The summed E-state index contributed by atoms with van der Waals surface area (Å²) in [5.74, 6) is 0.271. The van der Waals surface area contributed by atoms with Crippen molar-refractivity contribution in [2.75, 3.05) is 60.1 Å². The quantitative estimate of drug-likeness (QED) is 0.0688. The van der Waals surface area contributed by atoms with Gasteiger partial charge in [-0.25, -0.2) is 16.8 Å². The molecule has 2 aromatic carbocycles. The van der Waals surface area contributed by atoms with Gasteiger partial charge >= 0.3 is 59.1 Å². The molecule has 0 atom stereocenters. The predicted octanol–water partition coefficient (Wildman–Crippen LogP) is -5.17. The number of hydrogen-bond acceptors (Lipinski definition) is 18. The summed E-state index contributed by atoms with van der Waals surface area (Å²) in [6.07, 6.45) is 2.37. The molecule has 0 radical (unpaired) electrons. The van der Waals surface area contributed by atoms with Crippen LogP contribution in [0.15, 0.2) is 46.2 Å². The van der Waals surface area contributed by atoms with Gasteiger partial charge in [-0.15, -0.1) is 0 Å². The Morgan fingerprint density at radius 3 is 1.28 bits per heavy atom. The summed E-state index contributed by atoms with van der Waals surface area (Å²) < 4.78 is 72.8. The molecule has 2 aromatic heterocycles. The maximum atomic E-state index is 12.1. The van der Waals surface area contributed by atoms with E-state index in [1.54, 1.807) is 38.0 Å². The van der Waals surface area contributed by atoms with Gasteiger partial charge in [0.1, 0.15) is 20.2 Å². The average Bonchev–Trinajstić information content (AvgIpc) is 2.91. The zero-order valence-corrected chi connectivity index (χ0v) is 31.3. The third-order valence-corrected chi connectivity index (χ3v) is 7.39. The predicted molar refractivity (Wildman–Crippen MR) is 161 cm³/mol. The second-order valence-corrected chi connectivity index (χ2v) is 12.1. The number of nitrogens with two attached hydrogens (primary N) is 2. The molecule has 0 bridgehead atoms. The Morgan fingerprint density at radius 1 is 0.630 bits per heavy atom. The van der Waals surface area contributed by atoms with E-state index in [-0.39, 0.29) is 117 Å². The SMILES string of the molecule is CN(C)c1nc(N)nc(Nc2ccc(/C=C/c3ccc(Nc4nc(N)nc(N(C)C)n4)cc3S(=O)(=O)[O-])c(S(=O)(=O)[O-])c2)n1.[Na+].[Na+]. The Labute approximate surface area is 309 Å². The van der Waals surface area contributed by atoms with Crippen molar-refractivity contribution in [3.8, 4) is 0 Å². The number of aromatic nitrogens is 6. The van der Waals surface area contributed by atoms with Gasteiger partial charge in [-0.3, -0.25) is 0 Å². The molecule has 22 heteroatoms. The number of hydrogen-bond donors (Lipinski definition) is 4. The second-order valence-electron chi connectivity index (χ2n) is 9.42. The Morgan fingerprint density at radius 2 is 0.978 bits per heavy atom. The van der Waals surface area contributed by atoms with E-state index in [0.717, 1.165) is 12.1 Å². The summed E-state index contributed by atoms with van der Waals surface area (Å²) in [5.41, 5.74) is 11.5. The molecule has 0 aliphatic carbocycles. The van der Waals surface area contributed by atoms with Crippen molar-refractivity contribution in [1.29, 1.82) is 0 Å². The average molecular weight is 689 g/mol. The van der Waals surface area contributed by atoms with Crippen LogP contribution in [0.25, 0.3) is 12.2 Å². The van der Waals surface area contributed by atoms with Gasteiger partial charge in [-0.1, -0.05) is 24.3 Å². The fourth-order valence-corrected chi connectivity index (χ4v) is 5.04. The van der Waals surface area contributed by atoms with Crippen LogP contribution in [0, 0.1) is 0 Å². The van der Waals surface area contributed by atoms with Gasteiger partial charge < -0.3 is 41.0 Å². The van der Waals surface area contributed by atoms with Crippen LogP contribution >= 0.6 is 0 Å². The van der Waals surface area contributed by atoms with E-state index in [4.69, 9.17) is 11.5 Å². The van der Waals surface area contributed by atoms with E-state index < -0.39 is 30.0 Å². The molecule has 0 unspecified atom stereocenters. The molecule has 2 heterocycles. The number of nitrogens with zero attached hydrogens (tertiary/aromatic N) is 8. The first-order valence-corrected chi connectivity index (χ1v) is 15.1. The van der Waals surface area contributed by atoms with Gasteiger partial charge in [-0.05, 0) is 35.4 Å². The van der Waals surface area contributed by atoms with Crippen molar-refractivity contribution in [3.63, 3.8) is 0 Å². The van der Waals surface area contributed by atoms with E-state index >= 15 is 0 Å². The largest absolute Gasteiger partial charge is 1.00 e. The topological polar surface area (TPSA) is 274 Å². The van der Waals surface area contributed by atoms with E-state index in [1.165, 1.54) is 36.4 Å². The number of rotatable bonds is 10. The normalized spacial score (nSPS) is 11.3. The third kappa shape index (κ3) is 10.2. The summed E-state index contributed by atoms with van der Waals surface area (Å²) in [6.45, 7) is 0. The molecule has 6 N–H and O–H groups in total. The molecule has 0 saturated heterocycles. The van der Waals surface area contributed by atoms with Gasteiger partial charge in [0.25, 0.3) is 0 Å². The van der Waals surface area contributed by atoms with E-state index in [1.807, 2.05) is 0 Å². The molecular weight excluding hydrogens is 662 g/mol. The number of anilines is 8. The Kier molecular flexibility index (Phi) is 13.2. The fourth-order valence-electron chi connectivity index (χ4n) is 3.64. The summed E-state index contributed by atoms with van der Waals surface area (Å²) in [6, 6.07) is 7.58. The summed E-state index contributed by atoms with van der Waals surface area (Å²) in [4.78, 5) is 26.0. The fraction of sp³-hybridized carbons (Fsp3) is 0.167. The molecule has 46 heavy (non-hydrogen) atoms. The number of benzene rings is 2. The molecule has 4 rings (SSSR count). The molecule has 0 saturated carbocycles. The van der Waals surface area contributed by atoms with Crippen molar-refractivity contribution < 1.29 is 85.1 Å². The molecule has 18 nitrogen and oxygen atoms in total.